The first-order valence-corrected chi connectivity index (χ1v) is 6.23. The Bertz CT molecular complexity index is 282. The van der Waals surface area contributed by atoms with E-state index in [1.807, 2.05) is 12.3 Å². The monoisotopic (exact) mass is 253 g/mol. The summed E-state index contributed by atoms with van der Waals surface area (Å²) in [5, 5.41) is 0. The third-order valence-electron chi connectivity index (χ3n) is 3.07. The Labute approximate surface area is 94.1 Å². The minimum Gasteiger partial charge on any atom is -0.261 e. The van der Waals surface area contributed by atoms with Crippen LogP contribution in [0, 0.1) is 11.8 Å². The molecule has 2 rings (SSSR count). The molecule has 2 unspecified atom stereocenters. The second-order valence-electron chi connectivity index (χ2n) is 4.24. The van der Waals surface area contributed by atoms with Crippen molar-refractivity contribution in [1.82, 2.24) is 4.98 Å². The highest BCUT2D eigenvalue weighted by molar-refractivity contribution is 9.09. The standard InChI is InChI=1S/C12H16BrN/c1-9(10-5-6-10)12(13)8-11-4-2-3-7-14-11/h2-4,7,9-10,12H,5-6,8H2,1H3. The average Bonchev–Trinajstić information content (AvgIpc) is 3.01. The molecule has 1 aromatic rings. The molecule has 1 aromatic heterocycles. The molecule has 1 saturated carbocycles. The SMILES string of the molecule is CC(C(Br)Cc1ccccn1)C1CC1. The van der Waals surface area contributed by atoms with E-state index in [2.05, 4.69) is 40.0 Å². The molecule has 0 amide bonds. The Hall–Kier alpha value is -0.370. The Morgan fingerprint density at radius 1 is 1.50 bits per heavy atom. The molecule has 0 radical (unpaired) electrons. The number of halogens is 1. The minimum absolute atomic E-state index is 0.588. The van der Waals surface area contributed by atoms with Crippen LogP contribution >= 0.6 is 15.9 Å². The lowest BCUT2D eigenvalue weighted by molar-refractivity contribution is 0.487. The molecule has 0 bridgehead atoms. The van der Waals surface area contributed by atoms with Gasteiger partial charge in [-0.3, -0.25) is 4.98 Å². The van der Waals surface area contributed by atoms with Gasteiger partial charge in [-0.2, -0.15) is 0 Å². The Balaban J connectivity index is 1.90. The molecule has 2 atom stereocenters. The van der Waals surface area contributed by atoms with E-state index in [0.717, 1.165) is 18.3 Å². The highest BCUT2D eigenvalue weighted by Gasteiger charge is 2.32. The maximum atomic E-state index is 4.35. The fourth-order valence-corrected chi connectivity index (χ4v) is 2.59. The molecular weight excluding hydrogens is 238 g/mol. The van der Waals surface area contributed by atoms with Gasteiger partial charge >= 0.3 is 0 Å². The highest BCUT2D eigenvalue weighted by Crippen LogP contribution is 2.40. The van der Waals surface area contributed by atoms with E-state index in [4.69, 9.17) is 0 Å². The summed E-state index contributed by atoms with van der Waals surface area (Å²) < 4.78 is 0. The molecule has 1 aliphatic carbocycles. The summed E-state index contributed by atoms with van der Waals surface area (Å²) in [4.78, 5) is 4.94. The largest absolute Gasteiger partial charge is 0.261 e. The second-order valence-corrected chi connectivity index (χ2v) is 5.41. The average molecular weight is 254 g/mol. The maximum absolute atomic E-state index is 4.35. The quantitative estimate of drug-likeness (QED) is 0.750. The van der Waals surface area contributed by atoms with Gasteiger partial charge in [0, 0.05) is 23.1 Å². The summed E-state index contributed by atoms with van der Waals surface area (Å²) in [5.74, 6) is 1.75. The highest BCUT2D eigenvalue weighted by atomic mass is 79.9. The minimum atomic E-state index is 0.588. The van der Waals surface area contributed by atoms with Gasteiger partial charge in [-0.1, -0.05) is 28.9 Å². The van der Waals surface area contributed by atoms with Crippen LogP contribution in [0.25, 0.3) is 0 Å². The van der Waals surface area contributed by atoms with Crippen LogP contribution in [0.4, 0.5) is 0 Å². The van der Waals surface area contributed by atoms with Crippen LogP contribution in [0.15, 0.2) is 24.4 Å². The lowest BCUT2D eigenvalue weighted by Gasteiger charge is -2.17. The summed E-state index contributed by atoms with van der Waals surface area (Å²) in [6, 6.07) is 6.13. The number of alkyl halides is 1. The predicted octanol–water partition coefficient (Wildman–Crippen LogP) is 3.43. The number of pyridine rings is 1. The van der Waals surface area contributed by atoms with Crippen molar-refractivity contribution in [3.05, 3.63) is 30.1 Å². The van der Waals surface area contributed by atoms with Gasteiger partial charge in [-0.05, 0) is 36.8 Å². The zero-order valence-corrected chi connectivity index (χ0v) is 10.1. The van der Waals surface area contributed by atoms with Gasteiger partial charge in [0.1, 0.15) is 0 Å². The topological polar surface area (TPSA) is 12.9 Å². The number of nitrogens with zero attached hydrogens (tertiary/aromatic N) is 1. The molecule has 76 valence electrons. The molecule has 0 N–H and O–H groups in total. The van der Waals surface area contributed by atoms with Crippen molar-refractivity contribution in [3.8, 4) is 0 Å². The van der Waals surface area contributed by atoms with Crippen LogP contribution in [0.1, 0.15) is 25.5 Å². The predicted molar refractivity (Wildman–Crippen MR) is 62.5 cm³/mol. The third-order valence-corrected chi connectivity index (χ3v) is 4.22. The van der Waals surface area contributed by atoms with Crippen LogP contribution in [0.5, 0.6) is 0 Å². The summed E-state index contributed by atoms with van der Waals surface area (Å²) in [7, 11) is 0. The van der Waals surface area contributed by atoms with Gasteiger partial charge in [0.15, 0.2) is 0 Å². The van der Waals surface area contributed by atoms with E-state index in [9.17, 15) is 0 Å². The fraction of sp³-hybridized carbons (Fsp3) is 0.583. The summed E-state index contributed by atoms with van der Waals surface area (Å²) in [6.07, 6.45) is 5.77. The smallest absolute Gasteiger partial charge is 0.0414 e. The molecule has 2 heteroatoms. The van der Waals surface area contributed by atoms with Gasteiger partial charge in [0.05, 0.1) is 0 Å². The van der Waals surface area contributed by atoms with E-state index in [0.29, 0.717) is 4.83 Å². The maximum Gasteiger partial charge on any atom is 0.0414 e. The lowest BCUT2D eigenvalue weighted by Crippen LogP contribution is -2.16. The van der Waals surface area contributed by atoms with E-state index < -0.39 is 0 Å². The zero-order chi connectivity index (χ0) is 9.97. The lowest BCUT2D eigenvalue weighted by atomic mass is 9.99. The summed E-state index contributed by atoms with van der Waals surface area (Å²) in [5.41, 5.74) is 1.20. The summed E-state index contributed by atoms with van der Waals surface area (Å²) in [6.45, 7) is 2.35. The van der Waals surface area contributed by atoms with E-state index in [-0.39, 0.29) is 0 Å². The van der Waals surface area contributed by atoms with Crippen molar-refractivity contribution in [2.24, 2.45) is 11.8 Å². The van der Waals surface area contributed by atoms with E-state index in [1.54, 1.807) is 0 Å². The molecule has 1 heterocycles. The van der Waals surface area contributed by atoms with Gasteiger partial charge in [-0.25, -0.2) is 0 Å². The van der Waals surface area contributed by atoms with Gasteiger partial charge in [-0.15, -0.1) is 0 Å². The molecular formula is C12H16BrN. The van der Waals surface area contributed by atoms with Crippen LogP contribution in [-0.2, 0) is 6.42 Å². The Morgan fingerprint density at radius 3 is 2.86 bits per heavy atom. The Morgan fingerprint density at radius 2 is 2.29 bits per heavy atom. The Kier molecular flexibility index (Phi) is 3.22. The van der Waals surface area contributed by atoms with Gasteiger partial charge in [0.2, 0.25) is 0 Å². The van der Waals surface area contributed by atoms with Crippen LogP contribution in [-0.4, -0.2) is 9.81 Å². The first-order valence-electron chi connectivity index (χ1n) is 5.31. The van der Waals surface area contributed by atoms with Gasteiger partial charge in [0.25, 0.3) is 0 Å². The number of hydrogen-bond donors (Lipinski definition) is 0. The van der Waals surface area contributed by atoms with E-state index in [1.165, 1.54) is 18.5 Å². The van der Waals surface area contributed by atoms with Crippen molar-refractivity contribution in [1.29, 1.82) is 0 Å². The fourth-order valence-electron chi connectivity index (χ4n) is 1.82. The molecule has 1 fully saturated rings. The molecule has 0 aromatic carbocycles. The molecule has 0 spiro atoms. The number of hydrogen-bond acceptors (Lipinski definition) is 1. The first kappa shape index (κ1) is 10.2. The molecule has 14 heavy (non-hydrogen) atoms. The van der Waals surface area contributed by atoms with Crippen molar-refractivity contribution in [2.45, 2.75) is 31.0 Å². The van der Waals surface area contributed by atoms with Crippen LogP contribution < -0.4 is 0 Å². The first-order chi connectivity index (χ1) is 6.77. The van der Waals surface area contributed by atoms with Crippen molar-refractivity contribution >= 4 is 15.9 Å². The molecule has 0 aliphatic heterocycles. The van der Waals surface area contributed by atoms with Crippen LogP contribution in [0.2, 0.25) is 0 Å². The summed E-state index contributed by atoms with van der Waals surface area (Å²) >= 11 is 3.78. The number of rotatable bonds is 4. The van der Waals surface area contributed by atoms with Crippen LogP contribution in [0.3, 0.4) is 0 Å². The third kappa shape index (κ3) is 2.57. The number of aromatic nitrogens is 1. The van der Waals surface area contributed by atoms with Crippen molar-refractivity contribution in [3.63, 3.8) is 0 Å². The molecule has 0 saturated heterocycles. The second kappa shape index (κ2) is 4.43. The van der Waals surface area contributed by atoms with Crippen molar-refractivity contribution in [2.75, 3.05) is 0 Å². The van der Waals surface area contributed by atoms with E-state index >= 15 is 0 Å². The van der Waals surface area contributed by atoms with Crippen molar-refractivity contribution < 1.29 is 0 Å². The zero-order valence-electron chi connectivity index (χ0n) is 8.49. The molecule has 1 aliphatic rings. The normalized spacial score (nSPS) is 20.4. The molecule has 1 nitrogen and oxygen atoms in total. The van der Waals surface area contributed by atoms with Gasteiger partial charge < -0.3 is 0 Å².